The molecule has 0 fully saturated rings. The van der Waals surface area contributed by atoms with Crippen molar-refractivity contribution in [2.24, 2.45) is 0 Å². The molecule has 0 aromatic heterocycles. The summed E-state index contributed by atoms with van der Waals surface area (Å²) in [6.45, 7) is 1.29. The molecule has 0 saturated carbocycles. The van der Waals surface area contributed by atoms with Crippen LogP contribution in [0.25, 0.3) is 0 Å². The van der Waals surface area contributed by atoms with Gasteiger partial charge in [0.05, 0.1) is 0 Å². The third-order valence-electron chi connectivity index (χ3n) is 3.32. The highest BCUT2D eigenvalue weighted by Gasteiger charge is 2.44. The maximum Gasteiger partial charge on any atom is 0.255 e. The monoisotopic (exact) mass is 260 g/mol. The second kappa shape index (κ2) is 5.31. The average Bonchev–Trinajstić information content (AvgIpc) is 2.47. The lowest BCUT2D eigenvalue weighted by Crippen LogP contribution is -2.39. The second-order valence-corrected chi connectivity index (χ2v) is 4.56. The zero-order valence-electron chi connectivity index (χ0n) is 10.5. The van der Waals surface area contributed by atoms with E-state index in [4.69, 9.17) is 0 Å². The molecule has 0 spiro atoms. The Morgan fingerprint density at radius 3 is 1.89 bits per heavy atom. The number of carbonyl (C=O) groups excluding carboxylic acids is 1. The van der Waals surface area contributed by atoms with E-state index < -0.39 is 17.6 Å². The summed E-state index contributed by atoms with van der Waals surface area (Å²) in [5, 5.41) is 0. The van der Waals surface area contributed by atoms with Crippen LogP contribution in [-0.4, -0.2) is 12.2 Å². The Hall–Kier alpha value is -2.03. The zero-order valence-corrected chi connectivity index (χ0v) is 10.5. The highest BCUT2D eigenvalue weighted by molar-refractivity contribution is 6.04. The third kappa shape index (κ3) is 2.41. The first kappa shape index (κ1) is 13.4. The predicted molar refractivity (Wildman–Crippen MR) is 70.6 cm³/mol. The van der Waals surface area contributed by atoms with Crippen LogP contribution in [0.3, 0.4) is 0 Å². The minimum absolute atomic E-state index is 0.300. The predicted octanol–water partition coefficient (Wildman–Crippen LogP) is 4.09. The number of ketones is 1. The van der Waals surface area contributed by atoms with E-state index in [2.05, 4.69) is 0 Å². The maximum atomic E-state index is 13.5. The summed E-state index contributed by atoms with van der Waals surface area (Å²) in [6.07, 6.45) is -2.76. The minimum Gasteiger partial charge on any atom is -0.293 e. The summed E-state index contributed by atoms with van der Waals surface area (Å²) in [6, 6.07) is 16.4. The van der Waals surface area contributed by atoms with E-state index in [1.165, 1.54) is 6.92 Å². The quantitative estimate of drug-likeness (QED) is 0.757. The molecule has 1 unspecified atom stereocenters. The smallest absolute Gasteiger partial charge is 0.255 e. The number of carbonyl (C=O) groups is 1. The number of hydrogen-bond donors (Lipinski definition) is 0. The lowest BCUT2D eigenvalue weighted by atomic mass is 9.76. The van der Waals surface area contributed by atoms with Crippen molar-refractivity contribution in [1.82, 2.24) is 0 Å². The third-order valence-corrected chi connectivity index (χ3v) is 3.32. The van der Waals surface area contributed by atoms with Crippen molar-refractivity contribution in [1.29, 1.82) is 0 Å². The van der Waals surface area contributed by atoms with E-state index in [0.717, 1.165) is 0 Å². The molecule has 3 heteroatoms. The Bertz CT molecular complexity index is 551. The van der Waals surface area contributed by atoms with Gasteiger partial charge in [-0.25, -0.2) is 8.78 Å². The summed E-state index contributed by atoms with van der Waals surface area (Å²) in [5.74, 6) is -0.561. The van der Waals surface area contributed by atoms with Crippen LogP contribution in [0.4, 0.5) is 8.78 Å². The number of hydrogen-bond acceptors (Lipinski definition) is 1. The summed E-state index contributed by atoms with van der Waals surface area (Å²) < 4.78 is 27.0. The lowest BCUT2D eigenvalue weighted by Gasteiger charge is -2.27. The van der Waals surface area contributed by atoms with Crippen LogP contribution in [0.2, 0.25) is 0 Å². The van der Waals surface area contributed by atoms with Crippen LogP contribution in [0.15, 0.2) is 60.7 Å². The minimum atomic E-state index is -2.76. The van der Waals surface area contributed by atoms with Crippen LogP contribution in [0.5, 0.6) is 0 Å². The van der Waals surface area contributed by atoms with Crippen molar-refractivity contribution in [3.8, 4) is 0 Å². The van der Waals surface area contributed by atoms with Gasteiger partial charge in [-0.15, -0.1) is 0 Å². The van der Waals surface area contributed by atoms with Gasteiger partial charge >= 0.3 is 0 Å². The standard InChI is InChI=1S/C16H14F2O/c1-16(15(17)18,13-10-6-3-7-11-13)14(19)12-8-4-2-5-9-12/h2-11,15H,1H3. The summed E-state index contributed by atoms with van der Waals surface area (Å²) >= 11 is 0. The number of halogens is 2. The number of rotatable bonds is 4. The SMILES string of the molecule is CC(C(=O)c1ccccc1)(c1ccccc1)C(F)F. The van der Waals surface area contributed by atoms with Crippen molar-refractivity contribution in [2.75, 3.05) is 0 Å². The fourth-order valence-electron chi connectivity index (χ4n) is 2.03. The molecule has 0 aliphatic carbocycles. The molecule has 1 nitrogen and oxygen atoms in total. The Kier molecular flexibility index (Phi) is 3.74. The lowest BCUT2D eigenvalue weighted by molar-refractivity contribution is 0.0458. The fraction of sp³-hybridized carbons (Fsp3) is 0.188. The van der Waals surface area contributed by atoms with Crippen molar-refractivity contribution >= 4 is 5.78 Å². The molecule has 19 heavy (non-hydrogen) atoms. The average molecular weight is 260 g/mol. The molecule has 0 bridgehead atoms. The van der Waals surface area contributed by atoms with Crippen LogP contribution in [0.1, 0.15) is 22.8 Å². The van der Waals surface area contributed by atoms with Gasteiger partial charge in [0.25, 0.3) is 6.43 Å². The van der Waals surface area contributed by atoms with Gasteiger partial charge in [-0.2, -0.15) is 0 Å². The Labute approximate surface area is 110 Å². The van der Waals surface area contributed by atoms with E-state index >= 15 is 0 Å². The summed E-state index contributed by atoms with van der Waals surface area (Å²) in [4.78, 5) is 12.4. The molecular weight excluding hydrogens is 246 g/mol. The van der Waals surface area contributed by atoms with Crippen molar-refractivity contribution in [3.63, 3.8) is 0 Å². The summed E-state index contributed by atoms with van der Waals surface area (Å²) in [7, 11) is 0. The first-order chi connectivity index (χ1) is 9.06. The van der Waals surface area contributed by atoms with Crippen LogP contribution in [0, 0.1) is 0 Å². The molecule has 0 amide bonds. The van der Waals surface area contributed by atoms with Crippen molar-refractivity contribution < 1.29 is 13.6 Å². The molecular formula is C16H14F2O. The Morgan fingerprint density at radius 2 is 1.42 bits per heavy atom. The molecule has 2 aromatic carbocycles. The van der Waals surface area contributed by atoms with E-state index in [-0.39, 0.29) is 0 Å². The largest absolute Gasteiger partial charge is 0.293 e. The van der Waals surface area contributed by atoms with Crippen molar-refractivity contribution in [2.45, 2.75) is 18.8 Å². The van der Waals surface area contributed by atoms with Gasteiger partial charge in [-0.05, 0) is 12.5 Å². The van der Waals surface area contributed by atoms with Crippen LogP contribution >= 0.6 is 0 Å². The first-order valence-electron chi connectivity index (χ1n) is 6.00. The highest BCUT2D eigenvalue weighted by Crippen LogP contribution is 2.34. The van der Waals surface area contributed by atoms with Gasteiger partial charge in [-0.1, -0.05) is 60.7 Å². The Balaban J connectivity index is 2.50. The number of benzene rings is 2. The topological polar surface area (TPSA) is 17.1 Å². The van der Waals surface area contributed by atoms with Crippen LogP contribution in [-0.2, 0) is 5.41 Å². The molecule has 98 valence electrons. The molecule has 0 saturated heterocycles. The Morgan fingerprint density at radius 1 is 0.947 bits per heavy atom. The maximum absolute atomic E-state index is 13.5. The van der Waals surface area contributed by atoms with Crippen LogP contribution < -0.4 is 0 Å². The fourth-order valence-corrected chi connectivity index (χ4v) is 2.03. The van der Waals surface area contributed by atoms with E-state index in [1.54, 1.807) is 60.7 Å². The van der Waals surface area contributed by atoms with E-state index in [0.29, 0.717) is 11.1 Å². The first-order valence-corrected chi connectivity index (χ1v) is 6.00. The molecule has 2 rings (SSSR count). The molecule has 0 aliphatic heterocycles. The van der Waals surface area contributed by atoms with Gasteiger partial charge in [0.15, 0.2) is 5.78 Å². The molecule has 0 heterocycles. The normalized spacial score (nSPS) is 14.1. The van der Waals surface area contributed by atoms with E-state index in [9.17, 15) is 13.6 Å². The van der Waals surface area contributed by atoms with Gasteiger partial charge in [0.2, 0.25) is 0 Å². The number of Topliss-reactive ketones (excluding diaryl/α,β-unsaturated/α-hetero) is 1. The molecule has 0 radical (unpaired) electrons. The van der Waals surface area contributed by atoms with Gasteiger partial charge < -0.3 is 0 Å². The van der Waals surface area contributed by atoms with Gasteiger partial charge in [0, 0.05) is 5.56 Å². The van der Waals surface area contributed by atoms with E-state index in [1.807, 2.05) is 0 Å². The molecule has 2 aromatic rings. The molecule has 0 aliphatic rings. The highest BCUT2D eigenvalue weighted by atomic mass is 19.3. The van der Waals surface area contributed by atoms with Gasteiger partial charge in [-0.3, -0.25) is 4.79 Å². The van der Waals surface area contributed by atoms with Crippen molar-refractivity contribution in [3.05, 3.63) is 71.8 Å². The molecule has 1 atom stereocenters. The van der Waals surface area contributed by atoms with Gasteiger partial charge in [0.1, 0.15) is 5.41 Å². The molecule has 0 N–H and O–H groups in total. The summed E-state index contributed by atoms with van der Waals surface area (Å²) in [5.41, 5.74) is -1.18. The zero-order chi connectivity index (χ0) is 13.9. The second-order valence-electron chi connectivity index (χ2n) is 4.56. The number of alkyl halides is 2.